The van der Waals surface area contributed by atoms with Gasteiger partial charge in [-0.1, -0.05) is 87.1 Å². The molecule has 0 bridgehead atoms. The van der Waals surface area contributed by atoms with Crippen molar-refractivity contribution in [2.24, 2.45) is 0 Å². The molecular formula is C27H26N2OS2. The standard InChI is InChI=1S/C27H26N2OS2/c1-27(2,3)21-12-9-20(10-13-21)18-31-26-29-23-15-14-22(17-24(23)32-26)28-25(30)16-11-19-7-5-4-6-8-19/h4-17H,18H2,1-3H3,(H,28,30)/b16-11+. The monoisotopic (exact) mass is 458 g/mol. The molecule has 0 aliphatic rings. The van der Waals surface area contributed by atoms with Gasteiger partial charge in [-0.05, 0) is 46.4 Å². The van der Waals surface area contributed by atoms with E-state index in [1.54, 1.807) is 29.2 Å². The van der Waals surface area contributed by atoms with Crippen molar-refractivity contribution in [3.05, 3.63) is 95.6 Å². The number of hydrogen-bond donors (Lipinski definition) is 1. The van der Waals surface area contributed by atoms with E-state index in [4.69, 9.17) is 4.98 Å². The number of anilines is 1. The fourth-order valence-corrected chi connectivity index (χ4v) is 5.27. The van der Waals surface area contributed by atoms with Crippen molar-refractivity contribution in [1.29, 1.82) is 0 Å². The molecule has 3 aromatic carbocycles. The van der Waals surface area contributed by atoms with Gasteiger partial charge in [0.2, 0.25) is 5.91 Å². The van der Waals surface area contributed by atoms with Crippen LogP contribution < -0.4 is 5.32 Å². The van der Waals surface area contributed by atoms with Gasteiger partial charge in [0.15, 0.2) is 4.34 Å². The Balaban J connectivity index is 1.38. The summed E-state index contributed by atoms with van der Waals surface area (Å²) < 4.78 is 2.10. The number of amides is 1. The molecule has 0 unspecified atom stereocenters. The first-order valence-corrected chi connectivity index (χ1v) is 12.3. The highest BCUT2D eigenvalue weighted by Crippen LogP contribution is 2.33. The van der Waals surface area contributed by atoms with Crippen molar-refractivity contribution >= 4 is 51.0 Å². The van der Waals surface area contributed by atoms with E-state index < -0.39 is 0 Å². The maximum atomic E-state index is 12.3. The van der Waals surface area contributed by atoms with Crippen LogP contribution >= 0.6 is 23.1 Å². The first-order valence-electron chi connectivity index (χ1n) is 10.5. The first-order chi connectivity index (χ1) is 15.4. The number of nitrogens with one attached hydrogen (secondary N) is 1. The highest BCUT2D eigenvalue weighted by molar-refractivity contribution is 8.00. The molecule has 0 saturated heterocycles. The summed E-state index contributed by atoms with van der Waals surface area (Å²) in [6, 6.07) is 24.5. The smallest absolute Gasteiger partial charge is 0.248 e. The van der Waals surface area contributed by atoms with Crippen LogP contribution in [0.25, 0.3) is 16.3 Å². The van der Waals surface area contributed by atoms with Crippen LogP contribution in [0.4, 0.5) is 5.69 Å². The molecule has 0 aliphatic carbocycles. The first kappa shape index (κ1) is 22.3. The minimum absolute atomic E-state index is 0.147. The summed E-state index contributed by atoms with van der Waals surface area (Å²) in [6.45, 7) is 6.69. The molecule has 0 fully saturated rings. The van der Waals surface area contributed by atoms with Crippen molar-refractivity contribution in [3.8, 4) is 0 Å². The van der Waals surface area contributed by atoms with Gasteiger partial charge in [-0.2, -0.15) is 0 Å². The third kappa shape index (κ3) is 5.87. The summed E-state index contributed by atoms with van der Waals surface area (Å²) in [5.74, 6) is 0.740. The van der Waals surface area contributed by atoms with Gasteiger partial charge in [0.05, 0.1) is 10.2 Å². The molecule has 1 N–H and O–H groups in total. The number of nitrogens with zero attached hydrogens (tertiary/aromatic N) is 1. The Morgan fingerprint density at radius 1 is 1.03 bits per heavy atom. The lowest BCUT2D eigenvalue weighted by Gasteiger charge is -2.19. The van der Waals surface area contributed by atoms with Gasteiger partial charge in [0, 0.05) is 17.5 Å². The van der Waals surface area contributed by atoms with E-state index in [9.17, 15) is 4.79 Å². The Labute approximate surface area is 197 Å². The van der Waals surface area contributed by atoms with Crippen LogP contribution in [0.15, 0.2) is 83.2 Å². The van der Waals surface area contributed by atoms with Crippen LogP contribution in [0, 0.1) is 0 Å². The minimum atomic E-state index is -0.147. The Bertz CT molecular complexity index is 1240. The molecule has 0 aliphatic heterocycles. The molecular weight excluding hydrogens is 432 g/mol. The Hall–Kier alpha value is -2.89. The quantitative estimate of drug-likeness (QED) is 0.240. The molecule has 5 heteroatoms. The topological polar surface area (TPSA) is 42.0 Å². The third-order valence-electron chi connectivity index (χ3n) is 5.05. The highest BCUT2D eigenvalue weighted by atomic mass is 32.2. The van der Waals surface area contributed by atoms with Gasteiger partial charge in [-0.15, -0.1) is 11.3 Å². The number of benzene rings is 3. The number of hydrogen-bond acceptors (Lipinski definition) is 4. The Kier molecular flexibility index (Phi) is 6.77. The van der Waals surface area contributed by atoms with Gasteiger partial charge < -0.3 is 5.32 Å². The molecule has 3 nitrogen and oxygen atoms in total. The number of aromatic nitrogens is 1. The zero-order chi connectivity index (χ0) is 22.6. The van der Waals surface area contributed by atoms with E-state index in [1.807, 2.05) is 54.6 Å². The van der Waals surface area contributed by atoms with Gasteiger partial charge >= 0.3 is 0 Å². The average Bonchev–Trinajstić information content (AvgIpc) is 3.19. The van der Waals surface area contributed by atoms with E-state index >= 15 is 0 Å². The summed E-state index contributed by atoms with van der Waals surface area (Å²) in [5, 5.41) is 2.94. The second-order valence-corrected chi connectivity index (χ2v) is 10.9. The molecule has 4 rings (SSSR count). The van der Waals surface area contributed by atoms with Crippen LogP contribution in [0.2, 0.25) is 0 Å². The molecule has 1 aromatic heterocycles. The number of thiazole rings is 1. The average molecular weight is 459 g/mol. The third-order valence-corrected chi connectivity index (χ3v) is 7.28. The molecule has 0 spiro atoms. The van der Waals surface area contributed by atoms with Crippen molar-refractivity contribution in [3.63, 3.8) is 0 Å². The molecule has 0 atom stereocenters. The summed E-state index contributed by atoms with van der Waals surface area (Å²) in [6.07, 6.45) is 3.36. The van der Waals surface area contributed by atoms with Gasteiger partial charge in [-0.25, -0.2) is 4.98 Å². The maximum absolute atomic E-state index is 12.3. The minimum Gasteiger partial charge on any atom is -0.322 e. The lowest BCUT2D eigenvalue weighted by molar-refractivity contribution is -0.111. The normalized spacial score (nSPS) is 11.8. The Morgan fingerprint density at radius 3 is 2.50 bits per heavy atom. The number of carbonyl (C=O) groups excluding carboxylic acids is 1. The second kappa shape index (κ2) is 9.72. The number of thioether (sulfide) groups is 1. The van der Waals surface area contributed by atoms with E-state index in [1.165, 1.54) is 11.1 Å². The fraction of sp³-hybridized carbons (Fsp3) is 0.185. The SMILES string of the molecule is CC(C)(C)c1ccc(CSc2nc3ccc(NC(=O)/C=C/c4ccccc4)cc3s2)cc1. The van der Waals surface area contributed by atoms with Gasteiger partial charge in [-0.3, -0.25) is 4.79 Å². The molecule has 0 saturated carbocycles. The second-order valence-electron chi connectivity index (χ2n) is 8.63. The van der Waals surface area contributed by atoms with Crippen LogP contribution in [-0.4, -0.2) is 10.9 Å². The lowest BCUT2D eigenvalue weighted by Crippen LogP contribution is -2.10. The number of carbonyl (C=O) groups is 1. The van der Waals surface area contributed by atoms with Crippen LogP contribution in [-0.2, 0) is 16.0 Å². The summed E-state index contributed by atoms with van der Waals surface area (Å²) in [4.78, 5) is 17.0. The van der Waals surface area contributed by atoms with Crippen molar-refractivity contribution in [2.75, 3.05) is 5.32 Å². The molecule has 0 radical (unpaired) electrons. The molecule has 32 heavy (non-hydrogen) atoms. The summed E-state index contributed by atoms with van der Waals surface area (Å²) in [5.41, 5.74) is 5.54. The molecule has 1 amide bonds. The molecule has 162 valence electrons. The molecule has 4 aromatic rings. The number of rotatable bonds is 6. The van der Waals surface area contributed by atoms with Crippen molar-refractivity contribution in [2.45, 2.75) is 36.3 Å². The van der Waals surface area contributed by atoms with E-state index in [0.717, 1.165) is 31.6 Å². The van der Waals surface area contributed by atoms with Gasteiger partial charge in [0.1, 0.15) is 0 Å². The predicted octanol–water partition coefficient (Wildman–Crippen LogP) is 7.54. The lowest BCUT2D eigenvalue weighted by atomic mass is 9.87. The van der Waals surface area contributed by atoms with E-state index in [2.05, 4.69) is 50.4 Å². The zero-order valence-electron chi connectivity index (χ0n) is 18.5. The zero-order valence-corrected chi connectivity index (χ0v) is 20.1. The largest absolute Gasteiger partial charge is 0.322 e. The van der Waals surface area contributed by atoms with Gasteiger partial charge in [0.25, 0.3) is 0 Å². The fourth-order valence-electron chi connectivity index (χ4n) is 3.21. The predicted molar refractivity (Wildman–Crippen MR) is 138 cm³/mol. The van der Waals surface area contributed by atoms with E-state index in [0.29, 0.717) is 0 Å². The summed E-state index contributed by atoms with van der Waals surface area (Å²) >= 11 is 3.40. The Morgan fingerprint density at radius 2 is 1.78 bits per heavy atom. The molecule has 1 heterocycles. The highest BCUT2D eigenvalue weighted by Gasteiger charge is 2.13. The van der Waals surface area contributed by atoms with Crippen molar-refractivity contribution in [1.82, 2.24) is 4.98 Å². The maximum Gasteiger partial charge on any atom is 0.248 e. The van der Waals surface area contributed by atoms with Crippen LogP contribution in [0.3, 0.4) is 0 Å². The number of fused-ring (bicyclic) bond motifs is 1. The van der Waals surface area contributed by atoms with E-state index in [-0.39, 0.29) is 11.3 Å². The van der Waals surface area contributed by atoms with Crippen LogP contribution in [0.1, 0.15) is 37.5 Å². The van der Waals surface area contributed by atoms with Crippen molar-refractivity contribution < 1.29 is 4.79 Å². The summed E-state index contributed by atoms with van der Waals surface area (Å²) in [7, 11) is 0. The van der Waals surface area contributed by atoms with Crippen LogP contribution in [0.5, 0.6) is 0 Å².